The Bertz CT molecular complexity index is 1290. The van der Waals surface area contributed by atoms with Crippen LogP contribution in [0.25, 0.3) is 0 Å². The molecule has 77 heavy (non-hydrogen) atoms. The number of carbonyl (C=O) groups excluding carboxylic acids is 2. The number of aliphatic hydroxyl groups excluding tert-OH is 2. The number of unbranched alkanes of at least 4 members (excludes halogenated alkanes) is 47. The third kappa shape index (κ3) is 62.9. The summed E-state index contributed by atoms with van der Waals surface area (Å²) in [4.78, 5) is 24.6. The molecule has 0 aliphatic heterocycles. The van der Waals surface area contributed by atoms with Crippen LogP contribution in [0, 0.1) is 0 Å². The second-order valence-corrected chi connectivity index (χ2v) is 23.5. The van der Waals surface area contributed by atoms with Crippen LogP contribution in [0.4, 0.5) is 0 Å². The van der Waals surface area contributed by atoms with E-state index >= 15 is 0 Å². The molecule has 0 aromatic carbocycles. The van der Waals surface area contributed by atoms with Gasteiger partial charge in [-0.15, -0.1) is 0 Å². The van der Waals surface area contributed by atoms with Crippen molar-refractivity contribution >= 4 is 11.9 Å². The summed E-state index contributed by atoms with van der Waals surface area (Å²) >= 11 is 0. The van der Waals surface area contributed by atoms with Crippen molar-refractivity contribution in [1.29, 1.82) is 0 Å². The Hall–Kier alpha value is -2.18. The zero-order valence-corrected chi connectivity index (χ0v) is 51.7. The molecule has 0 aromatic heterocycles. The van der Waals surface area contributed by atoms with Gasteiger partial charge in [0.2, 0.25) is 5.91 Å². The SMILES string of the molecule is CCCCC/C=C\C/C=C\CCCCCCCCCCCC(=O)OCCCCCCCC/C=C\CCCCCCCCCC(=O)NC(CO)C(O)/C=C/CCCCCCCCCCCCCCCCCCCCCCCC. The number of hydrogen-bond acceptors (Lipinski definition) is 5. The monoisotopic (exact) mass is 1080 g/mol. The maximum Gasteiger partial charge on any atom is 0.305 e. The minimum atomic E-state index is -0.855. The number of rotatable bonds is 64. The van der Waals surface area contributed by atoms with Crippen molar-refractivity contribution in [2.24, 2.45) is 0 Å². The van der Waals surface area contributed by atoms with Gasteiger partial charge in [0, 0.05) is 12.8 Å². The molecule has 2 atom stereocenters. The minimum absolute atomic E-state index is 0.00609. The number of hydrogen-bond donors (Lipinski definition) is 3. The van der Waals surface area contributed by atoms with Gasteiger partial charge in [-0.2, -0.15) is 0 Å². The van der Waals surface area contributed by atoms with Gasteiger partial charge < -0.3 is 20.3 Å². The number of amides is 1. The van der Waals surface area contributed by atoms with E-state index in [0.29, 0.717) is 19.4 Å². The van der Waals surface area contributed by atoms with E-state index in [9.17, 15) is 19.8 Å². The molecule has 3 N–H and O–H groups in total. The van der Waals surface area contributed by atoms with Gasteiger partial charge in [0.05, 0.1) is 25.4 Å². The molecule has 0 spiro atoms. The molecule has 452 valence electrons. The lowest BCUT2D eigenvalue weighted by atomic mass is 10.0. The summed E-state index contributed by atoms with van der Waals surface area (Å²) < 4.78 is 5.49. The number of carbonyl (C=O) groups is 2. The molecule has 0 bridgehead atoms. The quantitative estimate of drug-likeness (QED) is 0.0320. The molecule has 0 fully saturated rings. The van der Waals surface area contributed by atoms with Crippen LogP contribution in [-0.4, -0.2) is 47.4 Å². The molecule has 6 nitrogen and oxygen atoms in total. The van der Waals surface area contributed by atoms with Gasteiger partial charge in [0.15, 0.2) is 0 Å². The normalized spacial score (nSPS) is 12.8. The smallest absolute Gasteiger partial charge is 0.305 e. The fraction of sp³-hybridized carbons (Fsp3) is 0.859. The molecule has 0 aliphatic rings. The average Bonchev–Trinajstić information content (AvgIpc) is 3.43. The Labute approximate surface area is 480 Å². The Balaban J connectivity index is 3.47. The second-order valence-electron chi connectivity index (χ2n) is 23.5. The summed E-state index contributed by atoms with van der Waals surface area (Å²) in [5.74, 6) is -0.0832. The van der Waals surface area contributed by atoms with Crippen LogP contribution >= 0.6 is 0 Å². The third-order valence-electron chi connectivity index (χ3n) is 15.8. The molecule has 0 aromatic rings. The largest absolute Gasteiger partial charge is 0.466 e. The molecule has 0 heterocycles. The number of ether oxygens (including phenoxy) is 1. The molecular weight excluding hydrogens is 947 g/mol. The van der Waals surface area contributed by atoms with Crippen LogP contribution in [0.3, 0.4) is 0 Å². The highest BCUT2D eigenvalue weighted by Crippen LogP contribution is 2.18. The van der Waals surface area contributed by atoms with Crippen LogP contribution in [0.15, 0.2) is 48.6 Å². The fourth-order valence-electron chi connectivity index (χ4n) is 10.5. The Morgan fingerprint density at radius 3 is 1.03 bits per heavy atom. The lowest BCUT2D eigenvalue weighted by Crippen LogP contribution is -2.45. The van der Waals surface area contributed by atoms with Gasteiger partial charge in [0.1, 0.15) is 0 Å². The van der Waals surface area contributed by atoms with Crippen molar-refractivity contribution in [3.8, 4) is 0 Å². The first-order valence-corrected chi connectivity index (χ1v) is 34.4. The van der Waals surface area contributed by atoms with Crippen molar-refractivity contribution < 1.29 is 24.5 Å². The topological polar surface area (TPSA) is 95.9 Å². The van der Waals surface area contributed by atoms with E-state index in [1.165, 1.54) is 276 Å². The molecule has 2 unspecified atom stereocenters. The van der Waals surface area contributed by atoms with Crippen LogP contribution in [0.5, 0.6) is 0 Å². The summed E-state index contributed by atoms with van der Waals surface area (Å²) in [6, 6.07) is -0.640. The van der Waals surface area contributed by atoms with Crippen molar-refractivity contribution in [2.45, 2.75) is 379 Å². The van der Waals surface area contributed by atoms with Gasteiger partial charge in [0.25, 0.3) is 0 Å². The first-order chi connectivity index (χ1) is 38.0. The third-order valence-corrected chi connectivity index (χ3v) is 15.8. The average molecular weight is 1080 g/mol. The van der Waals surface area contributed by atoms with Gasteiger partial charge in [-0.25, -0.2) is 0 Å². The van der Waals surface area contributed by atoms with E-state index in [1.54, 1.807) is 6.08 Å². The van der Waals surface area contributed by atoms with Gasteiger partial charge in [-0.05, 0) is 89.9 Å². The zero-order chi connectivity index (χ0) is 55.7. The molecule has 0 radical (unpaired) electrons. The van der Waals surface area contributed by atoms with Crippen molar-refractivity contribution in [2.75, 3.05) is 13.2 Å². The van der Waals surface area contributed by atoms with Crippen LogP contribution in [-0.2, 0) is 14.3 Å². The van der Waals surface area contributed by atoms with Crippen LogP contribution in [0.1, 0.15) is 367 Å². The minimum Gasteiger partial charge on any atom is -0.466 e. The van der Waals surface area contributed by atoms with E-state index in [-0.39, 0.29) is 18.5 Å². The predicted molar refractivity (Wildman–Crippen MR) is 338 cm³/mol. The summed E-state index contributed by atoms with van der Waals surface area (Å²) in [5.41, 5.74) is 0. The maximum atomic E-state index is 12.5. The van der Waals surface area contributed by atoms with Gasteiger partial charge in [-0.1, -0.05) is 313 Å². The summed E-state index contributed by atoms with van der Waals surface area (Å²) in [7, 11) is 0. The maximum absolute atomic E-state index is 12.5. The Morgan fingerprint density at radius 2 is 0.649 bits per heavy atom. The second kappa shape index (κ2) is 66.3. The van der Waals surface area contributed by atoms with E-state index in [0.717, 1.165) is 64.2 Å². The first-order valence-electron chi connectivity index (χ1n) is 34.4. The Kier molecular flexibility index (Phi) is 64.5. The summed E-state index contributed by atoms with van der Waals surface area (Å²) in [5, 5.41) is 23.3. The highest BCUT2D eigenvalue weighted by molar-refractivity contribution is 5.76. The van der Waals surface area contributed by atoms with Crippen molar-refractivity contribution in [3.63, 3.8) is 0 Å². The van der Waals surface area contributed by atoms with E-state index in [2.05, 4.69) is 55.6 Å². The lowest BCUT2D eigenvalue weighted by molar-refractivity contribution is -0.143. The standard InChI is InChI=1S/C71H133NO5/c1-3-5-7-9-11-13-15-17-19-21-23-24-25-26-27-29-31-35-39-43-47-51-55-59-63-69(74)68(67-73)72-70(75)64-60-56-52-48-44-40-36-32-30-34-38-42-46-50-54-58-62-66-77-71(76)65-61-57-53-49-45-41-37-33-28-22-20-18-16-14-12-10-8-6-4-2/h12,14,18,20,30,34,59,63,68-69,73-74H,3-11,13,15-17,19,21-29,31-33,35-58,60-62,64-67H2,1-2H3,(H,72,75)/b14-12-,20-18-,34-30-,63-59+. The summed E-state index contributed by atoms with van der Waals surface area (Å²) in [6.45, 7) is 4.88. The number of nitrogens with one attached hydrogen (secondary N) is 1. The Morgan fingerprint density at radius 1 is 0.364 bits per heavy atom. The van der Waals surface area contributed by atoms with E-state index in [4.69, 9.17) is 4.74 Å². The lowest BCUT2D eigenvalue weighted by Gasteiger charge is -2.20. The zero-order valence-electron chi connectivity index (χ0n) is 51.7. The molecule has 6 heteroatoms. The fourth-order valence-corrected chi connectivity index (χ4v) is 10.5. The number of allylic oxidation sites excluding steroid dienone is 7. The molecule has 0 rings (SSSR count). The molecule has 0 aliphatic carbocycles. The van der Waals surface area contributed by atoms with Crippen LogP contribution < -0.4 is 5.32 Å². The van der Waals surface area contributed by atoms with Gasteiger partial charge >= 0.3 is 5.97 Å². The molecule has 0 saturated heterocycles. The number of aliphatic hydroxyl groups is 2. The van der Waals surface area contributed by atoms with E-state index < -0.39 is 12.1 Å². The van der Waals surface area contributed by atoms with Crippen LogP contribution in [0.2, 0.25) is 0 Å². The van der Waals surface area contributed by atoms with E-state index in [1.807, 2.05) is 6.08 Å². The molecule has 1 amide bonds. The summed E-state index contributed by atoms with van der Waals surface area (Å²) in [6.07, 6.45) is 86.0. The highest BCUT2D eigenvalue weighted by atomic mass is 16.5. The number of esters is 1. The van der Waals surface area contributed by atoms with Crippen molar-refractivity contribution in [1.82, 2.24) is 5.32 Å². The first kappa shape index (κ1) is 74.8. The molecular formula is C71H133NO5. The van der Waals surface area contributed by atoms with Crippen molar-refractivity contribution in [3.05, 3.63) is 48.6 Å². The van der Waals surface area contributed by atoms with Gasteiger partial charge in [-0.3, -0.25) is 9.59 Å². The molecule has 0 saturated carbocycles. The highest BCUT2D eigenvalue weighted by Gasteiger charge is 2.18. The predicted octanol–water partition coefficient (Wildman–Crippen LogP) is 22.1.